The molecule has 0 fully saturated rings. The van der Waals surface area contributed by atoms with Crippen LogP contribution in [0.25, 0.3) is 0 Å². The van der Waals surface area contributed by atoms with Crippen molar-refractivity contribution in [1.82, 2.24) is 0 Å². The Hall–Kier alpha value is -0.800. The van der Waals surface area contributed by atoms with Crippen molar-refractivity contribution in [3.63, 3.8) is 0 Å². The molecular weight excluding hydrogens is 282 g/mol. The lowest BCUT2D eigenvalue weighted by Gasteiger charge is -2.09. The van der Waals surface area contributed by atoms with Crippen LogP contribution < -0.4 is 5.32 Å². The van der Waals surface area contributed by atoms with Crippen molar-refractivity contribution < 1.29 is 0 Å². The van der Waals surface area contributed by atoms with Crippen molar-refractivity contribution in [2.24, 2.45) is 0 Å². The van der Waals surface area contributed by atoms with Gasteiger partial charge in [0.2, 0.25) is 0 Å². The van der Waals surface area contributed by atoms with E-state index in [1.165, 1.54) is 26.2 Å². The summed E-state index contributed by atoms with van der Waals surface area (Å²) in [6.07, 6.45) is 0. The minimum Gasteiger partial charge on any atom is -0.380 e. The second kappa shape index (κ2) is 5.02. The molecule has 0 aliphatic heterocycles. The third kappa shape index (κ3) is 2.66. The molecule has 0 unspecified atom stereocenters. The van der Waals surface area contributed by atoms with Crippen LogP contribution in [0, 0.1) is 13.8 Å². The molecule has 2 aromatic rings. The van der Waals surface area contributed by atoms with Gasteiger partial charge in [0, 0.05) is 15.0 Å². The van der Waals surface area contributed by atoms with E-state index in [0.717, 1.165) is 6.54 Å². The number of benzene rings is 1. The molecule has 84 valence electrons. The predicted molar refractivity (Wildman–Crippen MR) is 75.3 cm³/mol. The molecule has 1 heterocycles. The zero-order chi connectivity index (χ0) is 11.5. The smallest absolute Gasteiger partial charge is 0.0505 e. The Kier molecular flexibility index (Phi) is 3.66. The number of anilines is 1. The minimum absolute atomic E-state index is 0.878. The van der Waals surface area contributed by atoms with Crippen molar-refractivity contribution in [3.05, 3.63) is 50.1 Å². The molecule has 0 saturated carbocycles. The van der Waals surface area contributed by atoms with Crippen LogP contribution >= 0.6 is 27.3 Å². The summed E-state index contributed by atoms with van der Waals surface area (Å²) < 4.78 is 1.19. The number of hydrogen-bond acceptors (Lipinski definition) is 2. The van der Waals surface area contributed by atoms with Crippen LogP contribution in [0.2, 0.25) is 0 Å². The van der Waals surface area contributed by atoms with Gasteiger partial charge in [-0.25, -0.2) is 0 Å². The van der Waals surface area contributed by atoms with Crippen molar-refractivity contribution >= 4 is 33.0 Å². The SMILES string of the molecule is Cc1ccc(C)c(NCc2sccc2Br)c1. The van der Waals surface area contributed by atoms with Gasteiger partial charge < -0.3 is 5.32 Å². The Bertz CT molecular complexity index is 490. The fourth-order valence-corrected chi connectivity index (χ4v) is 2.99. The summed E-state index contributed by atoms with van der Waals surface area (Å²) in [7, 11) is 0. The maximum atomic E-state index is 3.54. The molecule has 0 aliphatic carbocycles. The van der Waals surface area contributed by atoms with Gasteiger partial charge in [0.15, 0.2) is 0 Å². The molecule has 16 heavy (non-hydrogen) atoms. The van der Waals surface area contributed by atoms with Gasteiger partial charge in [-0.05, 0) is 58.4 Å². The second-order valence-electron chi connectivity index (χ2n) is 3.86. The van der Waals surface area contributed by atoms with Gasteiger partial charge in [0.1, 0.15) is 0 Å². The van der Waals surface area contributed by atoms with Gasteiger partial charge in [-0.3, -0.25) is 0 Å². The minimum atomic E-state index is 0.878. The van der Waals surface area contributed by atoms with Gasteiger partial charge >= 0.3 is 0 Å². The van der Waals surface area contributed by atoms with Crippen molar-refractivity contribution in [1.29, 1.82) is 0 Å². The van der Waals surface area contributed by atoms with E-state index >= 15 is 0 Å². The molecule has 0 radical (unpaired) electrons. The van der Waals surface area contributed by atoms with Crippen LogP contribution in [0.15, 0.2) is 34.1 Å². The van der Waals surface area contributed by atoms with E-state index in [1.807, 2.05) is 0 Å². The first kappa shape index (κ1) is 11.7. The number of hydrogen-bond donors (Lipinski definition) is 1. The number of nitrogens with one attached hydrogen (secondary N) is 1. The summed E-state index contributed by atoms with van der Waals surface area (Å²) in [5, 5.41) is 5.58. The number of thiophene rings is 1. The van der Waals surface area contributed by atoms with Gasteiger partial charge in [0.25, 0.3) is 0 Å². The highest BCUT2D eigenvalue weighted by molar-refractivity contribution is 9.10. The van der Waals surface area contributed by atoms with Gasteiger partial charge in [-0.1, -0.05) is 12.1 Å². The topological polar surface area (TPSA) is 12.0 Å². The highest BCUT2D eigenvalue weighted by atomic mass is 79.9. The monoisotopic (exact) mass is 295 g/mol. The lowest BCUT2D eigenvalue weighted by Crippen LogP contribution is -2.00. The van der Waals surface area contributed by atoms with Crippen LogP contribution in [0.5, 0.6) is 0 Å². The first-order valence-electron chi connectivity index (χ1n) is 5.20. The zero-order valence-corrected chi connectivity index (χ0v) is 11.8. The summed E-state index contributed by atoms with van der Waals surface area (Å²) in [6.45, 7) is 5.12. The molecule has 1 nitrogen and oxygen atoms in total. The summed E-state index contributed by atoms with van der Waals surface area (Å²) in [4.78, 5) is 1.33. The van der Waals surface area contributed by atoms with Crippen molar-refractivity contribution in [2.75, 3.05) is 5.32 Å². The third-order valence-electron chi connectivity index (χ3n) is 2.52. The third-order valence-corrected chi connectivity index (χ3v) is 4.45. The molecule has 1 N–H and O–H groups in total. The first-order chi connectivity index (χ1) is 7.66. The lowest BCUT2D eigenvalue weighted by molar-refractivity contribution is 1.17. The maximum Gasteiger partial charge on any atom is 0.0505 e. The molecule has 0 bridgehead atoms. The van der Waals surface area contributed by atoms with Crippen LogP contribution in [-0.2, 0) is 6.54 Å². The molecule has 0 aliphatic rings. The molecule has 2 rings (SSSR count). The second-order valence-corrected chi connectivity index (χ2v) is 5.72. The van der Waals surface area contributed by atoms with Crippen molar-refractivity contribution in [3.8, 4) is 0 Å². The van der Waals surface area contributed by atoms with E-state index in [2.05, 4.69) is 64.7 Å². The molecule has 0 amide bonds. The van der Waals surface area contributed by atoms with Gasteiger partial charge in [-0.15, -0.1) is 11.3 Å². The average Bonchev–Trinajstić information content (AvgIpc) is 2.66. The summed E-state index contributed by atoms with van der Waals surface area (Å²) in [5.74, 6) is 0. The van der Waals surface area contributed by atoms with Gasteiger partial charge in [0.05, 0.1) is 6.54 Å². The van der Waals surface area contributed by atoms with Crippen LogP contribution in [0.3, 0.4) is 0 Å². The molecule has 0 saturated heterocycles. The molecule has 3 heteroatoms. The Morgan fingerprint density at radius 2 is 2.06 bits per heavy atom. The quantitative estimate of drug-likeness (QED) is 0.862. The van der Waals surface area contributed by atoms with E-state index in [1.54, 1.807) is 11.3 Å². The zero-order valence-electron chi connectivity index (χ0n) is 9.38. The molecule has 1 aromatic carbocycles. The molecular formula is C13H14BrNS. The maximum absolute atomic E-state index is 3.54. The fraction of sp³-hybridized carbons (Fsp3) is 0.231. The Morgan fingerprint density at radius 1 is 1.25 bits per heavy atom. The van der Waals surface area contributed by atoms with E-state index in [4.69, 9.17) is 0 Å². The summed E-state index contributed by atoms with van der Waals surface area (Å²) >= 11 is 5.31. The highest BCUT2D eigenvalue weighted by Gasteiger charge is 2.02. The molecule has 0 atom stereocenters. The molecule has 1 aromatic heterocycles. The van der Waals surface area contributed by atoms with Crippen LogP contribution in [0.4, 0.5) is 5.69 Å². The Labute approximate surface area is 109 Å². The first-order valence-corrected chi connectivity index (χ1v) is 6.87. The average molecular weight is 296 g/mol. The lowest BCUT2D eigenvalue weighted by atomic mass is 10.1. The summed E-state index contributed by atoms with van der Waals surface area (Å²) in [5.41, 5.74) is 3.80. The fourth-order valence-electron chi connectivity index (χ4n) is 1.55. The number of aryl methyl sites for hydroxylation is 2. The Morgan fingerprint density at radius 3 is 2.75 bits per heavy atom. The van der Waals surface area contributed by atoms with Gasteiger partial charge in [-0.2, -0.15) is 0 Å². The summed E-state index contributed by atoms with van der Waals surface area (Å²) in [6, 6.07) is 8.57. The standard InChI is InChI=1S/C13H14BrNS/c1-9-3-4-10(2)12(7-9)15-8-13-11(14)5-6-16-13/h3-7,15H,8H2,1-2H3. The Balaban J connectivity index is 2.10. The van der Waals surface area contributed by atoms with E-state index in [9.17, 15) is 0 Å². The van der Waals surface area contributed by atoms with Crippen molar-refractivity contribution in [2.45, 2.75) is 20.4 Å². The normalized spacial score (nSPS) is 10.4. The van der Waals surface area contributed by atoms with Crippen LogP contribution in [-0.4, -0.2) is 0 Å². The predicted octanol–water partition coefficient (Wildman–Crippen LogP) is 4.74. The van der Waals surface area contributed by atoms with E-state index in [-0.39, 0.29) is 0 Å². The van der Waals surface area contributed by atoms with E-state index < -0.39 is 0 Å². The van der Waals surface area contributed by atoms with Crippen LogP contribution in [0.1, 0.15) is 16.0 Å². The van der Waals surface area contributed by atoms with E-state index in [0.29, 0.717) is 0 Å². The largest absolute Gasteiger partial charge is 0.380 e. The molecule has 0 spiro atoms. The highest BCUT2D eigenvalue weighted by Crippen LogP contribution is 2.24. The number of rotatable bonds is 3. The number of halogens is 1.